The van der Waals surface area contributed by atoms with Gasteiger partial charge in [0.05, 0.1) is 6.10 Å². The minimum atomic E-state index is 0.475. The van der Waals surface area contributed by atoms with Crippen molar-refractivity contribution in [3.8, 4) is 0 Å². The zero-order valence-electron chi connectivity index (χ0n) is 8.39. The smallest absolute Gasteiger partial charge is 0.0605 e. The molecular formula is C11H19ClO. The molecule has 0 amide bonds. The normalized spacial score (nSPS) is 37.4. The summed E-state index contributed by atoms with van der Waals surface area (Å²) in [6.45, 7) is 0. The van der Waals surface area contributed by atoms with Crippen molar-refractivity contribution in [3.63, 3.8) is 0 Å². The highest BCUT2D eigenvalue weighted by Crippen LogP contribution is 2.57. The van der Waals surface area contributed by atoms with Gasteiger partial charge in [0.25, 0.3) is 0 Å². The van der Waals surface area contributed by atoms with Gasteiger partial charge in [-0.3, -0.25) is 0 Å². The average molecular weight is 203 g/mol. The van der Waals surface area contributed by atoms with Crippen molar-refractivity contribution in [2.24, 2.45) is 11.3 Å². The highest BCUT2D eigenvalue weighted by atomic mass is 35.5. The second-order valence-electron chi connectivity index (χ2n) is 4.66. The van der Waals surface area contributed by atoms with Crippen LogP contribution in [0.2, 0.25) is 0 Å². The molecule has 0 N–H and O–H groups in total. The molecule has 76 valence electrons. The number of alkyl halides is 1. The minimum absolute atomic E-state index is 0.475. The van der Waals surface area contributed by atoms with Gasteiger partial charge in [-0.05, 0) is 37.0 Å². The van der Waals surface area contributed by atoms with Crippen molar-refractivity contribution < 1.29 is 4.74 Å². The van der Waals surface area contributed by atoms with E-state index in [1.165, 1.54) is 38.5 Å². The monoisotopic (exact) mass is 202 g/mol. The van der Waals surface area contributed by atoms with E-state index in [4.69, 9.17) is 16.3 Å². The van der Waals surface area contributed by atoms with Gasteiger partial charge in [0.2, 0.25) is 0 Å². The van der Waals surface area contributed by atoms with E-state index in [0.29, 0.717) is 11.5 Å². The number of ether oxygens (including phenoxy) is 1. The molecule has 2 saturated carbocycles. The van der Waals surface area contributed by atoms with Crippen molar-refractivity contribution in [2.75, 3.05) is 13.0 Å². The highest BCUT2D eigenvalue weighted by molar-refractivity contribution is 6.18. The maximum absolute atomic E-state index is 6.06. The highest BCUT2D eigenvalue weighted by Gasteiger charge is 2.51. The van der Waals surface area contributed by atoms with Gasteiger partial charge < -0.3 is 4.74 Å². The molecule has 0 aliphatic heterocycles. The molecule has 2 aliphatic carbocycles. The first-order valence-electron chi connectivity index (χ1n) is 5.41. The summed E-state index contributed by atoms with van der Waals surface area (Å²) in [7, 11) is 1.85. The largest absolute Gasteiger partial charge is 0.381 e. The summed E-state index contributed by atoms with van der Waals surface area (Å²) in [5.41, 5.74) is 0.475. The Morgan fingerprint density at radius 3 is 2.54 bits per heavy atom. The van der Waals surface area contributed by atoms with Crippen LogP contribution >= 0.6 is 11.6 Å². The second-order valence-corrected chi connectivity index (χ2v) is 4.93. The fourth-order valence-corrected chi connectivity index (χ4v) is 3.31. The summed E-state index contributed by atoms with van der Waals surface area (Å²) >= 11 is 6.06. The van der Waals surface area contributed by atoms with E-state index >= 15 is 0 Å². The van der Waals surface area contributed by atoms with Crippen molar-refractivity contribution in [2.45, 2.75) is 44.6 Å². The molecule has 2 atom stereocenters. The zero-order valence-corrected chi connectivity index (χ0v) is 9.15. The Bertz CT molecular complexity index is 177. The van der Waals surface area contributed by atoms with Crippen LogP contribution in [0, 0.1) is 11.3 Å². The summed E-state index contributed by atoms with van der Waals surface area (Å²) in [5, 5.41) is 0. The predicted octanol–water partition coefficient (Wildman–Crippen LogP) is 3.21. The predicted molar refractivity (Wildman–Crippen MR) is 55.1 cm³/mol. The van der Waals surface area contributed by atoms with Gasteiger partial charge in [-0.15, -0.1) is 11.6 Å². The van der Waals surface area contributed by atoms with Crippen molar-refractivity contribution in [1.29, 1.82) is 0 Å². The lowest BCUT2D eigenvalue weighted by Gasteiger charge is -2.35. The van der Waals surface area contributed by atoms with E-state index in [0.717, 1.165) is 11.8 Å². The molecule has 0 heterocycles. The number of halogens is 1. The van der Waals surface area contributed by atoms with Crippen LogP contribution in [0.5, 0.6) is 0 Å². The Labute approximate surface area is 85.8 Å². The van der Waals surface area contributed by atoms with E-state index in [2.05, 4.69) is 0 Å². The van der Waals surface area contributed by atoms with E-state index < -0.39 is 0 Å². The van der Waals surface area contributed by atoms with E-state index in [1.807, 2.05) is 7.11 Å². The molecule has 0 bridgehead atoms. The standard InChI is InChI=1S/C11H19ClO/c1-13-10-5-3-2-4-9(10)11(8-12)6-7-11/h9-10H,2-8H2,1H3. The lowest BCUT2D eigenvalue weighted by Crippen LogP contribution is -2.34. The van der Waals surface area contributed by atoms with Crippen molar-refractivity contribution in [1.82, 2.24) is 0 Å². The first-order chi connectivity index (χ1) is 6.32. The zero-order chi connectivity index (χ0) is 9.31. The number of methoxy groups -OCH3 is 1. The number of rotatable bonds is 3. The van der Waals surface area contributed by atoms with Crippen LogP contribution < -0.4 is 0 Å². The second kappa shape index (κ2) is 3.78. The Morgan fingerprint density at radius 1 is 1.31 bits per heavy atom. The lowest BCUT2D eigenvalue weighted by molar-refractivity contribution is -0.00356. The topological polar surface area (TPSA) is 9.23 Å². The fourth-order valence-electron chi connectivity index (χ4n) is 2.84. The van der Waals surface area contributed by atoms with E-state index in [9.17, 15) is 0 Å². The molecular weight excluding hydrogens is 184 g/mol. The molecule has 2 aliphatic rings. The molecule has 2 rings (SSSR count). The third-order valence-corrected chi connectivity index (χ3v) is 4.48. The van der Waals surface area contributed by atoms with Crippen LogP contribution in [-0.4, -0.2) is 19.1 Å². The van der Waals surface area contributed by atoms with Gasteiger partial charge >= 0.3 is 0 Å². The van der Waals surface area contributed by atoms with Crippen molar-refractivity contribution >= 4 is 11.6 Å². The molecule has 0 aromatic rings. The third-order valence-electron chi connectivity index (χ3n) is 3.95. The summed E-state index contributed by atoms with van der Waals surface area (Å²) < 4.78 is 5.57. The number of hydrogen-bond acceptors (Lipinski definition) is 1. The summed E-state index contributed by atoms with van der Waals surface area (Å²) in [4.78, 5) is 0. The minimum Gasteiger partial charge on any atom is -0.381 e. The van der Waals surface area contributed by atoms with E-state index in [1.54, 1.807) is 0 Å². The van der Waals surface area contributed by atoms with Crippen LogP contribution in [-0.2, 0) is 4.74 Å². The Morgan fingerprint density at radius 2 is 2.00 bits per heavy atom. The van der Waals surface area contributed by atoms with Crippen LogP contribution in [0.4, 0.5) is 0 Å². The van der Waals surface area contributed by atoms with Crippen LogP contribution in [0.15, 0.2) is 0 Å². The first kappa shape index (κ1) is 9.79. The maximum Gasteiger partial charge on any atom is 0.0605 e. The molecule has 13 heavy (non-hydrogen) atoms. The van der Waals surface area contributed by atoms with Gasteiger partial charge in [-0.1, -0.05) is 12.8 Å². The van der Waals surface area contributed by atoms with Crippen molar-refractivity contribution in [3.05, 3.63) is 0 Å². The molecule has 0 radical (unpaired) electrons. The molecule has 1 nitrogen and oxygen atoms in total. The van der Waals surface area contributed by atoms with E-state index in [-0.39, 0.29) is 0 Å². The molecule has 2 fully saturated rings. The molecule has 2 heteroatoms. The van der Waals surface area contributed by atoms with Crippen LogP contribution in [0.25, 0.3) is 0 Å². The lowest BCUT2D eigenvalue weighted by atomic mass is 9.76. The Balaban J connectivity index is 2.02. The molecule has 0 aromatic carbocycles. The average Bonchev–Trinajstić information content (AvgIpc) is 2.98. The maximum atomic E-state index is 6.06. The molecule has 0 saturated heterocycles. The molecule has 0 aromatic heterocycles. The van der Waals surface area contributed by atoms with Gasteiger partial charge in [0, 0.05) is 13.0 Å². The van der Waals surface area contributed by atoms with Gasteiger partial charge in [0.1, 0.15) is 0 Å². The number of hydrogen-bond donors (Lipinski definition) is 0. The van der Waals surface area contributed by atoms with Gasteiger partial charge in [-0.2, -0.15) is 0 Å². The summed E-state index contributed by atoms with van der Waals surface area (Å²) in [5.74, 6) is 1.60. The SMILES string of the molecule is COC1CCCCC1C1(CCl)CC1. The fraction of sp³-hybridized carbons (Fsp3) is 1.00. The van der Waals surface area contributed by atoms with Gasteiger partial charge in [0.15, 0.2) is 0 Å². The third kappa shape index (κ3) is 1.73. The summed E-state index contributed by atoms with van der Waals surface area (Å²) in [6.07, 6.45) is 8.47. The quantitative estimate of drug-likeness (QED) is 0.639. The molecule has 0 spiro atoms. The molecule has 2 unspecified atom stereocenters. The first-order valence-corrected chi connectivity index (χ1v) is 5.94. The van der Waals surface area contributed by atoms with Gasteiger partial charge in [-0.25, -0.2) is 0 Å². The van der Waals surface area contributed by atoms with Crippen LogP contribution in [0.1, 0.15) is 38.5 Å². The Kier molecular flexibility index (Phi) is 2.85. The van der Waals surface area contributed by atoms with Crippen LogP contribution in [0.3, 0.4) is 0 Å². The Hall–Kier alpha value is 0.250. The summed E-state index contributed by atoms with van der Waals surface area (Å²) in [6, 6.07) is 0.